The van der Waals surface area contributed by atoms with Crippen LogP contribution in [0.5, 0.6) is 11.5 Å². The first-order valence-corrected chi connectivity index (χ1v) is 11.7. The van der Waals surface area contributed by atoms with Gasteiger partial charge < -0.3 is 24.3 Å². The SMILES string of the molecule is CN=C(NCCCc1nnc(SC)n1CC(C)C)N(C)Cc1ccc(OC)cc1OC.I. The highest BCUT2D eigenvalue weighted by Gasteiger charge is 2.14. The van der Waals surface area contributed by atoms with E-state index in [4.69, 9.17) is 9.47 Å². The normalized spacial score (nSPS) is 11.3. The molecule has 0 radical (unpaired) electrons. The molecule has 32 heavy (non-hydrogen) atoms. The fourth-order valence-corrected chi connectivity index (χ4v) is 3.87. The van der Waals surface area contributed by atoms with E-state index < -0.39 is 0 Å². The number of ether oxygens (including phenoxy) is 2. The van der Waals surface area contributed by atoms with Crippen molar-refractivity contribution in [3.8, 4) is 11.5 Å². The molecule has 1 N–H and O–H groups in total. The van der Waals surface area contributed by atoms with Crippen LogP contribution in [0.15, 0.2) is 28.3 Å². The predicted molar refractivity (Wildman–Crippen MR) is 143 cm³/mol. The lowest BCUT2D eigenvalue weighted by molar-refractivity contribution is 0.382. The highest BCUT2D eigenvalue weighted by molar-refractivity contribution is 14.0. The van der Waals surface area contributed by atoms with Gasteiger partial charge >= 0.3 is 0 Å². The molecule has 2 rings (SSSR count). The Morgan fingerprint density at radius 3 is 2.59 bits per heavy atom. The highest BCUT2D eigenvalue weighted by Crippen LogP contribution is 2.25. The zero-order valence-electron chi connectivity index (χ0n) is 20.2. The summed E-state index contributed by atoms with van der Waals surface area (Å²) in [5, 5.41) is 13.2. The Kier molecular flexibility index (Phi) is 12.8. The Balaban J connectivity index is 0.00000512. The molecular formula is C22H37IN6O2S. The topological polar surface area (TPSA) is 76.8 Å². The van der Waals surface area contributed by atoms with E-state index in [-0.39, 0.29) is 24.0 Å². The van der Waals surface area contributed by atoms with Crippen LogP contribution in [-0.4, -0.2) is 66.7 Å². The van der Waals surface area contributed by atoms with E-state index in [1.165, 1.54) is 0 Å². The van der Waals surface area contributed by atoms with E-state index in [0.29, 0.717) is 12.5 Å². The molecule has 1 heterocycles. The summed E-state index contributed by atoms with van der Waals surface area (Å²) in [6.07, 6.45) is 3.87. The van der Waals surface area contributed by atoms with E-state index in [9.17, 15) is 0 Å². The molecule has 180 valence electrons. The zero-order valence-corrected chi connectivity index (χ0v) is 23.4. The van der Waals surface area contributed by atoms with Crippen LogP contribution in [0.3, 0.4) is 0 Å². The third kappa shape index (κ3) is 8.02. The number of halogens is 1. The molecule has 0 aliphatic carbocycles. The van der Waals surface area contributed by atoms with Crippen molar-refractivity contribution in [1.82, 2.24) is 25.0 Å². The molecule has 1 aromatic heterocycles. The number of nitrogens with zero attached hydrogens (tertiary/aromatic N) is 5. The van der Waals surface area contributed by atoms with Crippen LogP contribution >= 0.6 is 35.7 Å². The van der Waals surface area contributed by atoms with Gasteiger partial charge in [-0.2, -0.15) is 0 Å². The quantitative estimate of drug-likeness (QED) is 0.143. The smallest absolute Gasteiger partial charge is 0.193 e. The van der Waals surface area contributed by atoms with Crippen molar-refractivity contribution >= 4 is 41.7 Å². The number of aryl methyl sites for hydroxylation is 1. The molecule has 0 aliphatic rings. The summed E-state index contributed by atoms with van der Waals surface area (Å²) >= 11 is 1.65. The Hall–Kier alpha value is -1.69. The molecule has 0 aliphatic heterocycles. The van der Waals surface area contributed by atoms with Crippen molar-refractivity contribution in [2.45, 2.75) is 44.9 Å². The van der Waals surface area contributed by atoms with Gasteiger partial charge in [0.1, 0.15) is 17.3 Å². The Morgan fingerprint density at radius 1 is 1.25 bits per heavy atom. The lowest BCUT2D eigenvalue weighted by Crippen LogP contribution is -2.39. The van der Waals surface area contributed by atoms with Gasteiger partial charge in [0.15, 0.2) is 11.1 Å². The number of nitrogens with one attached hydrogen (secondary N) is 1. The summed E-state index contributed by atoms with van der Waals surface area (Å²) in [5.74, 6) is 4.02. The summed E-state index contributed by atoms with van der Waals surface area (Å²) in [7, 11) is 7.14. The third-order valence-corrected chi connectivity index (χ3v) is 5.53. The van der Waals surface area contributed by atoms with Gasteiger partial charge in [-0.15, -0.1) is 34.2 Å². The van der Waals surface area contributed by atoms with E-state index in [1.54, 1.807) is 33.0 Å². The van der Waals surface area contributed by atoms with E-state index >= 15 is 0 Å². The second-order valence-corrected chi connectivity index (χ2v) is 8.49. The van der Waals surface area contributed by atoms with Crippen LogP contribution in [0.4, 0.5) is 0 Å². The minimum Gasteiger partial charge on any atom is -0.497 e. The van der Waals surface area contributed by atoms with Gasteiger partial charge in [-0.1, -0.05) is 25.6 Å². The van der Waals surface area contributed by atoms with Crippen molar-refractivity contribution in [1.29, 1.82) is 0 Å². The van der Waals surface area contributed by atoms with Crippen LogP contribution in [0.25, 0.3) is 0 Å². The molecular weight excluding hydrogens is 539 g/mol. The van der Waals surface area contributed by atoms with Crippen molar-refractivity contribution in [3.05, 3.63) is 29.6 Å². The van der Waals surface area contributed by atoms with Crippen molar-refractivity contribution in [2.75, 3.05) is 41.1 Å². The largest absolute Gasteiger partial charge is 0.497 e. The third-order valence-electron chi connectivity index (χ3n) is 4.86. The molecule has 0 atom stereocenters. The second-order valence-electron chi connectivity index (χ2n) is 7.72. The Labute approximate surface area is 213 Å². The zero-order chi connectivity index (χ0) is 22.8. The van der Waals surface area contributed by atoms with Crippen molar-refractivity contribution in [3.63, 3.8) is 0 Å². The molecule has 0 amide bonds. The van der Waals surface area contributed by atoms with Crippen LogP contribution in [0.2, 0.25) is 0 Å². The minimum atomic E-state index is 0. The van der Waals surface area contributed by atoms with Gasteiger partial charge in [0.25, 0.3) is 0 Å². The molecule has 0 fully saturated rings. The first-order valence-electron chi connectivity index (χ1n) is 10.5. The highest BCUT2D eigenvalue weighted by atomic mass is 127. The molecule has 10 heteroatoms. The monoisotopic (exact) mass is 576 g/mol. The van der Waals surface area contributed by atoms with Gasteiger partial charge in [-0.25, -0.2) is 0 Å². The van der Waals surface area contributed by atoms with E-state index in [2.05, 4.69) is 43.8 Å². The molecule has 1 aromatic carbocycles. The number of hydrogen-bond donors (Lipinski definition) is 1. The van der Waals surface area contributed by atoms with Gasteiger partial charge in [-0.3, -0.25) is 4.99 Å². The van der Waals surface area contributed by atoms with Crippen LogP contribution in [-0.2, 0) is 19.5 Å². The van der Waals surface area contributed by atoms with Crippen LogP contribution < -0.4 is 14.8 Å². The molecule has 8 nitrogen and oxygen atoms in total. The lowest BCUT2D eigenvalue weighted by atomic mass is 10.2. The molecule has 0 saturated carbocycles. The molecule has 0 unspecified atom stereocenters. The first kappa shape index (κ1) is 28.3. The number of hydrogen-bond acceptors (Lipinski definition) is 6. The average molecular weight is 577 g/mol. The summed E-state index contributed by atoms with van der Waals surface area (Å²) in [6.45, 7) is 6.85. The fraction of sp³-hybridized carbons (Fsp3) is 0.591. The summed E-state index contributed by atoms with van der Waals surface area (Å²) in [5.41, 5.74) is 1.07. The number of benzene rings is 1. The van der Waals surface area contributed by atoms with Crippen molar-refractivity contribution < 1.29 is 9.47 Å². The maximum Gasteiger partial charge on any atom is 0.193 e. The van der Waals surface area contributed by atoms with Gasteiger partial charge in [0.2, 0.25) is 0 Å². The van der Waals surface area contributed by atoms with Crippen LogP contribution in [0.1, 0.15) is 31.7 Å². The minimum absolute atomic E-state index is 0. The van der Waals surface area contributed by atoms with Gasteiger partial charge in [0.05, 0.1) is 14.2 Å². The lowest BCUT2D eigenvalue weighted by Gasteiger charge is -2.23. The average Bonchev–Trinajstić information content (AvgIpc) is 3.14. The number of aliphatic imine (C=N–C) groups is 1. The van der Waals surface area contributed by atoms with Crippen LogP contribution in [0, 0.1) is 5.92 Å². The number of guanidine groups is 1. The Bertz CT molecular complexity index is 859. The van der Waals surface area contributed by atoms with Gasteiger partial charge in [0, 0.05) is 51.8 Å². The number of rotatable bonds is 11. The summed E-state index contributed by atoms with van der Waals surface area (Å²) in [4.78, 5) is 6.50. The molecule has 0 bridgehead atoms. The van der Waals surface area contributed by atoms with E-state index in [0.717, 1.165) is 59.9 Å². The number of thioether (sulfide) groups is 1. The molecule has 2 aromatic rings. The standard InChI is InChI=1S/C22H36N6O2S.HI/c1-16(2)14-28-20(25-26-22(28)31-7)9-8-12-24-21(23-3)27(4)15-17-10-11-18(29-5)13-19(17)30-6;/h10-11,13,16H,8-9,12,14-15H2,1-7H3,(H,23,24);1H. The summed E-state index contributed by atoms with van der Waals surface area (Å²) in [6, 6.07) is 5.86. The maximum absolute atomic E-state index is 5.52. The predicted octanol–water partition coefficient (Wildman–Crippen LogP) is 3.93. The fourth-order valence-electron chi connectivity index (χ4n) is 3.35. The maximum atomic E-state index is 5.52. The molecule has 0 saturated heterocycles. The molecule has 0 spiro atoms. The first-order chi connectivity index (χ1) is 14.9. The van der Waals surface area contributed by atoms with E-state index in [1.807, 2.05) is 31.5 Å². The second kappa shape index (κ2) is 14.5. The Morgan fingerprint density at radius 2 is 2.00 bits per heavy atom. The summed E-state index contributed by atoms with van der Waals surface area (Å²) < 4.78 is 13.0. The van der Waals surface area contributed by atoms with Gasteiger partial charge in [-0.05, 0) is 30.7 Å². The number of aromatic nitrogens is 3. The van der Waals surface area contributed by atoms with Crippen molar-refractivity contribution in [2.24, 2.45) is 10.9 Å². The number of methoxy groups -OCH3 is 2.